The number of carbonyl (C=O) groups is 2. The maximum Gasteiger partial charge on any atom is 0.338 e. The van der Waals surface area contributed by atoms with Crippen LogP contribution in [0.25, 0.3) is 11.0 Å². The van der Waals surface area contributed by atoms with Crippen LogP contribution in [0.2, 0.25) is 0 Å². The Morgan fingerprint density at radius 3 is 2.50 bits per heavy atom. The summed E-state index contributed by atoms with van der Waals surface area (Å²) in [4.78, 5) is 33.0. The Morgan fingerprint density at radius 1 is 1.08 bits per heavy atom. The van der Waals surface area contributed by atoms with Crippen LogP contribution in [0.15, 0.2) is 18.2 Å². The van der Waals surface area contributed by atoms with E-state index < -0.39 is 5.97 Å². The Morgan fingerprint density at radius 2 is 1.77 bits per heavy atom. The molecule has 1 aliphatic carbocycles. The molecule has 2 aromatic rings. The summed E-state index contributed by atoms with van der Waals surface area (Å²) in [5.41, 5.74) is 3.43. The highest BCUT2D eigenvalue weighted by molar-refractivity contribution is 5.94. The van der Waals surface area contributed by atoms with E-state index in [-0.39, 0.29) is 12.5 Å². The van der Waals surface area contributed by atoms with Crippen molar-refractivity contribution in [3.63, 3.8) is 0 Å². The summed E-state index contributed by atoms with van der Waals surface area (Å²) in [6.45, 7) is 4.18. The van der Waals surface area contributed by atoms with Gasteiger partial charge in [-0.2, -0.15) is 0 Å². The molecule has 0 spiro atoms. The van der Waals surface area contributed by atoms with Crippen molar-refractivity contribution < 1.29 is 14.3 Å². The third kappa shape index (κ3) is 4.56. The average molecular weight is 355 g/mol. The standard InChI is InChI=1S/C20H25N3O3/c1-13-14(2)23-18-10-16(8-9-17(18)22-13)20(25)26-12-19(24)21-11-15-6-4-3-5-7-15/h8-10,15H,3-7,11-12H2,1-2H3,(H,21,24). The number of hydrogen-bond acceptors (Lipinski definition) is 5. The van der Waals surface area contributed by atoms with Gasteiger partial charge in [-0.15, -0.1) is 0 Å². The molecule has 1 N–H and O–H groups in total. The fourth-order valence-electron chi connectivity index (χ4n) is 3.27. The van der Waals surface area contributed by atoms with Crippen LogP contribution in [0.3, 0.4) is 0 Å². The van der Waals surface area contributed by atoms with Gasteiger partial charge >= 0.3 is 5.97 Å². The molecule has 0 aliphatic heterocycles. The van der Waals surface area contributed by atoms with Crippen LogP contribution in [0.5, 0.6) is 0 Å². The van der Waals surface area contributed by atoms with Gasteiger partial charge in [0.05, 0.1) is 28.0 Å². The predicted octanol–water partition coefficient (Wildman–Crippen LogP) is 3.10. The molecule has 6 heteroatoms. The average Bonchev–Trinajstić information content (AvgIpc) is 2.66. The van der Waals surface area contributed by atoms with Crippen molar-refractivity contribution in [1.29, 1.82) is 0 Å². The number of carbonyl (C=O) groups excluding carboxylic acids is 2. The van der Waals surface area contributed by atoms with Gasteiger partial charge in [0.25, 0.3) is 5.91 Å². The molecule has 6 nitrogen and oxygen atoms in total. The summed E-state index contributed by atoms with van der Waals surface area (Å²) >= 11 is 0. The first-order chi connectivity index (χ1) is 12.5. The number of aryl methyl sites for hydroxylation is 2. The molecule has 1 fully saturated rings. The smallest absolute Gasteiger partial charge is 0.338 e. The molecule has 0 radical (unpaired) electrons. The van der Waals surface area contributed by atoms with Crippen molar-refractivity contribution >= 4 is 22.9 Å². The van der Waals surface area contributed by atoms with E-state index in [1.165, 1.54) is 19.3 Å². The Bertz CT molecular complexity index is 813. The summed E-state index contributed by atoms with van der Waals surface area (Å²) in [5.74, 6) is -0.232. The molecule has 3 rings (SSSR count). The third-order valence-electron chi connectivity index (χ3n) is 4.96. The molecule has 0 bridgehead atoms. The first kappa shape index (κ1) is 18.3. The molecule has 1 saturated carbocycles. The number of hydrogen-bond donors (Lipinski definition) is 1. The van der Waals surface area contributed by atoms with E-state index in [4.69, 9.17) is 4.74 Å². The van der Waals surface area contributed by atoms with Crippen molar-refractivity contribution in [2.24, 2.45) is 5.92 Å². The first-order valence-corrected chi connectivity index (χ1v) is 9.22. The van der Waals surface area contributed by atoms with Crippen LogP contribution in [-0.4, -0.2) is 35.0 Å². The minimum Gasteiger partial charge on any atom is -0.452 e. The fraction of sp³-hybridized carbons (Fsp3) is 0.500. The Kier molecular flexibility index (Phi) is 5.81. The Hall–Kier alpha value is -2.50. The normalized spacial score (nSPS) is 15.0. The molecule has 1 amide bonds. The summed E-state index contributed by atoms with van der Waals surface area (Å²) in [6, 6.07) is 5.04. The van der Waals surface area contributed by atoms with Crippen molar-refractivity contribution in [3.8, 4) is 0 Å². The van der Waals surface area contributed by atoms with E-state index in [1.807, 2.05) is 13.8 Å². The number of benzene rings is 1. The lowest BCUT2D eigenvalue weighted by atomic mass is 9.89. The third-order valence-corrected chi connectivity index (χ3v) is 4.96. The fourth-order valence-corrected chi connectivity index (χ4v) is 3.27. The van der Waals surface area contributed by atoms with Gasteiger partial charge in [-0.3, -0.25) is 4.79 Å². The first-order valence-electron chi connectivity index (χ1n) is 9.22. The topological polar surface area (TPSA) is 81.2 Å². The van der Waals surface area contributed by atoms with Crippen molar-refractivity contribution in [3.05, 3.63) is 35.2 Å². The van der Waals surface area contributed by atoms with Gasteiger partial charge in [0.2, 0.25) is 0 Å². The molecule has 0 saturated heterocycles. The van der Waals surface area contributed by atoms with Gasteiger partial charge < -0.3 is 10.1 Å². The molecular formula is C20H25N3O3. The molecule has 0 unspecified atom stereocenters. The monoisotopic (exact) mass is 355 g/mol. The zero-order valence-electron chi connectivity index (χ0n) is 15.4. The summed E-state index contributed by atoms with van der Waals surface area (Å²) in [7, 11) is 0. The summed E-state index contributed by atoms with van der Waals surface area (Å²) < 4.78 is 5.13. The van der Waals surface area contributed by atoms with Gasteiger partial charge in [0.1, 0.15) is 0 Å². The molecular weight excluding hydrogens is 330 g/mol. The highest BCUT2D eigenvalue weighted by atomic mass is 16.5. The van der Waals surface area contributed by atoms with Gasteiger partial charge in [-0.1, -0.05) is 19.3 Å². The van der Waals surface area contributed by atoms with Crippen LogP contribution in [0, 0.1) is 19.8 Å². The van der Waals surface area contributed by atoms with Crippen LogP contribution in [-0.2, 0) is 9.53 Å². The second-order valence-electron chi connectivity index (χ2n) is 6.98. The summed E-state index contributed by atoms with van der Waals surface area (Å²) in [6.07, 6.45) is 6.09. The number of fused-ring (bicyclic) bond motifs is 1. The van der Waals surface area contributed by atoms with Crippen LogP contribution in [0.4, 0.5) is 0 Å². The minimum absolute atomic E-state index is 0.254. The maximum atomic E-state index is 12.2. The summed E-state index contributed by atoms with van der Waals surface area (Å²) in [5, 5.41) is 2.86. The van der Waals surface area contributed by atoms with E-state index in [2.05, 4.69) is 15.3 Å². The van der Waals surface area contributed by atoms with Crippen LogP contribution >= 0.6 is 0 Å². The van der Waals surface area contributed by atoms with Gasteiger partial charge in [-0.05, 0) is 50.8 Å². The number of nitrogens with zero attached hydrogens (tertiary/aromatic N) is 2. The minimum atomic E-state index is -0.528. The quantitative estimate of drug-likeness (QED) is 0.834. The van der Waals surface area contributed by atoms with Gasteiger partial charge in [0, 0.05) is 6.54 Å². The van der Waals surface area contributed by atoms with Gasteiger partial charge in [0.15, 0.2) is 6.61 Å². The van der Waals surface area contributed by atoms with Gasteiger partial charge in [-0.25, -0.2) is 14.8 Å². The van der Waals surface area contributed by atoms with Crippen molar-refractivity contribution in [2.75, 3.05) is 13.2 Å². The highest BCUT2D eigenvalue weighted by Gasteiger charge is 2.16. The van der Waals surface area contributed by atoms with E-state index in [0.717, 1.165) is 29.7 Å². The zero-order chi connectivity index (χ0) is 18.5. The Balaban J connectivity index is 1.53. The molecule has 1 heterocycles. The maximum absolute atomic E-state index is 12.2. The van der Waals surface area contributed by atoms with Crippen molar-refractivity contribution in [1.82, 2.24) is 15.3 Å². The van der Waals surface area contributed by atoms with E-state index in [0.29, 0.717) is 23.5 Å². The number of amides is 1. The lowest BCUT2D eigenvalue weighted by Crippen LogP contribution is -2.33. The lowest BCUT2D eigenvalue weighted by molar-refractivity contribution is -0.124. The lowest BCUT2D eigenvalue weighted by Gasteiger charge is -2.21. The molecule has 1 aromatic heterocycles. The van der Waals surface area contributed by atoms with Crippen molar-refractivity contribution in [2.45, 2.75) is 46.0 Å². The van der Waals surface area contributed by atoms with Crippen LogP contribution in [0.1, 0.15) is 53.8 Å². The van der Waals surface area contributed by atoms with E-state index in [9.17, 15) is 9.59 Å². The molecule has 138 valence electrons. The predicted molar refractivity (Wildman–Crippen MR) is 98.9 cm³/mol. The second kappa shape index (κ2) is 8.25. The SMILES string of the molecule is Cc1nc2ccc(C(=O)OCC(=O)NCC3CCCCC3)cc2nc1C. The Labute approximate surface area is 153 Å². The number of ether oxygens (including phenoxy) is 1. The van der Waals surface area contributed by atoms with E-state index in [1.54, 1.807) is 18.2 Å². The highest BCUT2D eigenvalue weighted by Crippen LogP contribution is 2.22. The number of esters is 1. The number of rotatable bonds is 5. The molecule has 26 heavy (non-hydrogen) atoms. The number of nitrogens with one attached hydrogen (secondary N) is 1. The largest absolute Gasteiger partial charge is 0.452 e. The number of aromatic nitrogens is 2. The molecule has 0 atom stereocenters. The molecule has 1 aliphatic rings. The zero-order valence-corrected chi connectivity index (χ0v) is 15.4. The van der Waals surface area contributed by atoms with E-state index >= 15 is 0 Å². The second-order valence-corrected chi connectivity index (χ2v) is 6.98. The molecule has 1 aromatic carbocycles. The van der Waals surface area contributed by atoms with Crippen LogP contribution < -0.4 is 5.32 Å².